The molecule has 2 aromatic carbocycles. The number of aryl methyl sites for hydroxylation is 2. The van der Waals surface area contributed by atoms with Crippen molar-refractivity contribution in [3.05, 3.63) is 59.8 Å². The predicted octanol–water partition coefficient (Wildman–Crippen LogP) is 3.77. The molecule has 1 aromatic heterocycles. The summed E-state index contributed by atoms with van der Waals surface area (Å²) in [6.07, 6.45) is 0. The van der Waals surface area contributed by atoms with Crippen LogP contribution in [0.4, 0.5) is 0 Å². The molecule has 0 spiro atoms. The van der Waals surface area contributed by atoms with Gasteiger partial charge in [-0.05, 0) is 36.8 Å². The first-order valence-corrected chi connectivity index (χ1v) is 6.61. The average Bonchev–Trinajstić information content (AvgIpc) is 2.75. The van der Waals surface area contributed by atoms with E-state index in [0.29, 0.717) is 6.61 Å². The Hall–Kier alpha value is -2.42. The van der Waals surface area contributed by atoms with Crippen LogP contribution in [0.25, 0.3) is 10.9 Å². The zero-order chi connectivity index (χ0) is 14.1. The summed E-state index contributed by atoms with van der Waals surface area (Å²) < 4.78 is 7.93. The van der Waals surface area contributed by atoms with Crippen molar-refractivity contribution in [2.45, 2.75) is 13.5 Å². The fraction of sp³-hybridized carbons (Fsp3) is 0.176. The van der Waals surface area contributed by atoms with Gasteiger partial charge >= 0.3 is 0 Å². The Morgan fingerprint density at radius 2 is 1.90 bits per heavy atom. The molecular weight excluding hydrogens is 250 g/mol. The van der Waals surface area contributed by atoms with Crippen molar-refractivity contribution in [1.29, 1.82) is 0 Å². The van der Waals surface area contributed by atoms with Crippen LogP contribution < -0.4 is 4.74 Å². The second kappa shape index (κ2) is 4.93. The van der Waals surface area contributed by atoms with Crippen molar-refractivity contribution in [2.24, 2.45) is 7.05 Å². The number of rotatable bonds is 3. The molecule has 0 aliphatic heterocycles. The van der Waals surface area contributed by atoms with Crippen molar-refractivity contribution in [1.82, 2.24) is 4.57 Å². The van der Waals surface area contributed by atoms with E-state index in [1.165, 1.54) is 0 Å². The third-order valence-corrected chi connectivity index (χ3v) is 3.60. The van der Waals surface area contributed by atoms with Crippen LogP contribution in [0, 0.1) is 6.92 Å². The highest BCUT2D eigenvalue weighted by Gasteiger charge is 2.07. The quantitative estimate of drug-likeness (QED) is 0.783. The number of hydrogen-bond acceptors (Lipinski definition) is 2. The van der Waals surface area contributed by atoms with Gasteiger partial charge in [0, 0.05) is 18.5 Å². The molecule has 0 radical (unpaired) electrons. The Kier molecular flexibility index (Phi) is 3.11. The summed E-state index contributed by atoms with van der Waals surface area (Å²) in [6, 6.07) is 15.5. The molecule has 102 valence electrons. The van der Waals surface area contributed by atoms with Crippen LogP contribution in [-0.2, 0) is 13.7 Å². The number of phenolic OH excluding ortho intramolecular Hbond substituents is 1. The molecule has 20 heavy (non-hydrogen) atoms. The second-order valence-corrected chi connectivity index (χ2v) is 4.99. The molecule has 0 fully saturated rings. The molecule has 0 aliphatic carbocycles. The largest absolute Gasteiger partial charge is 0.508 e. The number of aromatic nitrogens is 1. The van der Waals surface area contributed by atoms with Crippen molar-refractivity contribution in [3.63, 3.8) is 0 Å². The van der Waals surface area contributed by atoms with Gasteiger partial charge in [-0.2, -0.15) is 0 Å². The summed E-state index contributed by atoms with van der Waals surface area (Å²) in [5.74, 6) is 1.19. The summed E-state index contributed by atoms with van der Waals surface area (Å²) >= 11 is 0. The van der Waals surface area contributed by atoms with Gasteiger partial charge in [0.25, 0.3) is 0 Å². The van der Waals surface area contributed by atoms with E-state index in [0.717, 1.165) is 27.9 Å². The molecule has 0 atom stereocenters. The molecule has 1 heterocycles. The van der Waals surface area contributed by atoms with Gasteiger partial charge < -0.3 is 14.4 Å². The number of nitrogens with zero attached hydrogens (tertiary/aromatic N) is 1. The van der Waals surface area contributed by atoms with Crippen LogP contribution in [0.2, 0.25) is 0 Å². The Morgan fingerprint density at radius 1 is 1.10 bits per heavy atom. The lowest BCUT2D eigenvalue weighted by Crippen LogP contribution is -2.02. The highest BCUT2D eigenvalue weighted by Crippen LogP contribution is 2.24. The summed E-state index contributed by atoms with van der Waals surface area (Å²) in [5.41, 5.74) is 3.21. The van der Waals surface area contributed by atoms with Crippen molar-refractivity contribution >= 4 is 10.9 Å². The van der Waals surface area contributed by atoms with E-state index >= 15 is 0 Å². The first-order chi connectivity index (χ1) is 9.65. The number of para-hydroxylation sites is 1. The van der Waals surface area contributed by atoms with E-state index in [1.807, 2.05) is 48.9 Å². The van der Waals surface area contributed by atoms with Gasteiger partial charge in [-0.1, -0.05) is 18.2 Å². The van der Waals surface area contributed by atoms with Crippen molar-refractivity contribution < 1.29 is 9.84 Å². The first-order valence-electron chi connectivity index (χ1n) is 6.61. The van der Waals surface area contributed by atoms with E-state index in [1.54, 1.807) is 12.1 Å². The number of hydrogen-bond donors (Lipinski definition) is 1. The molecule has 0 bridgehead atoms. The van der Waals surface area contributed by atoms with Crippen molar-refractivity contribution in [2.75, 3.05) is 0 Å². The number of ether oxygens (including phenoxy) is 1. The molecule has 0 saturated heterocycles. The van der Waals surface area contributed by atoms with Crippen LogP contribution in [0.3, 0.4) is 0 Å². The zero-order valence-corrected chi connectivity index (χ0v) is 11.6. The molecule has 0 saturated carbocycles. The Bertz CT molecular complexity index is 759. The maximum atomic E-state index is 9.56. The molecule has 3 nitrogen and oxygen atoms in total. The van der Waals surface area contributed by atoms with E-state index in [9.17, 15) is 5.11 Å². The lowest BCUT2D eigenvalue weighted by molar-refractivity contribution is 0.295. The van der Waals surface area contributed by atoms with Gasteiger partial charge in [0.1, 0.15) is 18.1 Å². The van der Waals surface area contributed by atoms with Crippen LogP contribution in [-0.4, -0.2) is 9.67 Å². The summed E-state index contributed by atoms with van der Waals surface area (Å²) in [7, 11) is 1.98. The first kappa shape index (κ1) is 12.6. The Labute approximate surface area is 118 Å². The lowest BCUT2D eigenvalue weighted by atomic mass is 10.2. The third-order valence-electron chi connectivity index (χ3n) is 3.60. The highest BCUT2D eigenvalue weighted by atomic mass is 16.5. The van der Waals surface area contributed by atoms with E-state index in [-0.39, 0.29) is 5.75 Å². The van der Waals surface area contributed by atoms with E-state index in [4.69, 9.17) is 4.74 Å². The highest BCUT2D eigenvalue weighted by molar-refractivity contribution is 5.82. The molecule has 0 unspecified atom stereocenters. The molecule has 0 amide bonds. The van der Waals surface area contributed by atoms with Crippen LogP contribution in [0.1, 0.15) is 11.3 Å². The fourth-order valence-corrected chi connectivity index (χ4v) is 2.38. The smallest absolute Gasteiger partial charge is 0.128 e. The number of benzene rings is 2. The van der Waals surface area contributed by atoms with Gasteiger partial charge in [0.05, 0.1) is 11.2 Å². The molecular formula is C17H17NO2. The van der Waals surface area contributed by atoms with Gasteiger partial charge in [-0.3, -0.25) is 0 Å². The van der Waals surface area contributed by atoms with E-state index < -0.39 is 0 Å². The maximum absolute atomic E-state index is 9.56. The molecule has 0 aliphatic rings. The fourth-order valence-electron chi connectivity index (χ4n) is 2.38. The van der Waals surface area contributed by atoms with Crippen LogP contribution >= 0.6 is 0 Å². The standard InChI is InChI=1S/C17H17NO2/c1-12-5-3-4-6-17(12)20-11-14-9-13-7-8-15(19)10-16(13)18(14)2/h3-10,19H,11H2,1-2H3. The van der Waals surface area contributed by atoms with Crippen molar-refractivity contribution in [3.8, 4) is 11.5 Å². The van der Waals surface area contributed by atoms with E-state index in [2.05, 4.69) is 6.07 Å². The third kappa shape index (κ3) is 2.23. The summed E-state index contributed by atoms with van der Waals surface area (Å²) in [6.45, 7) is 2.55. The molecule has 3 aromatic rings. The van der Waals surface area contributed by atoms with Gasteiger partial charge in [0.15, 0.2) is 0 Å². The number of fused-ring (bicyclic) bond motifs is 1. The number of aromatic hydroxyl groups is 1. The second-order valence-electron chi connectivity index (χ2n) is 4.99. The Morgan fingerprint density at radius 3 is 2.70 bits per heavy atom. The minimum atomic E-state index is 0.282. The number of phenols is 1. The monoisotopic (exact) mass is 267 g/mol. The maximum Gasteiger partial charge on any atom is 0.128 e. The predicted molar refractivity (Wildman–Crippen MR) is 80.1 cm³/mol. The van der Waals surface area contributed by atoms with Gasteiger partial charge in [-0.15, -0.1) is 0 Å². The minimum Gasteiger partial charge on any atom is -0.508 e. The van der Waals surface area contributed by atoms with Crippen LogP contribution in [0.5, 0.6) is 11.5 Å². The molecule has 1 N–H and O–H groups in total. The molecule has 3 rings (SSSR count). The minimum absolute atomic E-state index is 0.282. The summed E-state index contributed by atoms with van der Waals surface area (Å²) in [5, 5.41) is 10.7. The Balaban J connectivity index is 1.88. The summed E-state index contributed by atoms with van der Waals surface area (Å²) in [4.78, 5) is 0. The van der Waals surface area contributed by atoms with Crippen LogP contribution in [0.15, 0.2) is 48.5 Å². The van der Waals surface area contributed by atoms with Gasteiger partial charge in [0.2, 0.25) is 0 Å². The molecule has 3 heteroatoms. The normalized spacial score (nSPS) is 10.9. The topological polar surface area (TPSA) is 34.4 Å². The SMILES string of the molecule is Cc1ccccc1OCc1cc2ccc(O)cc2n1C. The average molecular weight is 267 g/mol. The zero-order valence-electron chi connectivity index (χ0n) is 11.6. The van der Waals surface area contributed by atoms with Gasteiger partial charge in [-0.25, -0.2) is 0 Å². The lowest BCUT2D eigenvalue weighted by Gasteiger charge is -2.09.